The number of hydrogen-bond donors (Lipinski definition) is 1. The van der Waals surface area contributed by atoms with E-state index >= 15 is 0 Å². The average molecular weight is 253 g/mol. The summed E-state index contributed by atoms with van der Waals surface area (Å²) in [4.78, 5) is 4.21. The molecular formula is C12H13ClN2S. The summed E-state index contributed by atoms with van der Waals surface area (Å²) in [7, 11) is 0. The van der Waals surface area contributed by atoms with Crippen molar-refractivity contribution in [3.8, 4) is 0 Å². The molecule has 0 aliphatic heterocycles. The second kappa shape index (κ2) is 4.85. The zero-order valence-electron chi connectivity index (χ0n) is 9.25. The molecule has 1 N–H and O–H groups in total. The molecule has 0 atom stereocenters. The molecule has 2 nitrogen and oxygen atoms in total. The van der Waals surface area contributed by atoms with E-state index in [0.717, 1.165) is 21.6 Å². The lowest BCUT2D eigenvalue weighted by atomic mass is 10.1. The van der Waals surface area contributed by atoms with Gasteiger partial charge in [-0.25, -0.2) is 4.98 Å². The Morgan fingerprint density at radius 2 is 2.19 bits per heavy atom. The molecule has 0 fully saturated rings. The summed E-state index contributed by atoms with van der Waals surface area (Å²) in [5.74, 6) is 0. The van der Waals surface area contributed by atoms with Crippen LogP contribution in [0, 0.1) is 13.8 Å². The largest absolute Gasteiger partial charge is 0.378 e. The van der Waals surface area contributed by atoms with Crippen molar-refractivity contribution in [2.75, 3.05) is 5.32 Å². The second-order valence-electron chi connectivity index (χ2n) is 3.66. The van der Waals surface area contributed by atoms with Gasteiger partial charge in [0.2, 0.25) is 0 Å². The molecule has 2 aromatic rings. The van der Waals surface area contributed by atoms with Gasteiger partial charge in [0.05, 0.1) is 12.7 Å². The summed E-state index contributed by atoms with van der Waals surface area (Å²) in [6.07, 6.45) is 1.69. The van der Waals surface area contributed by atoms with Gasteiger partial charge in [0.25, 0.3) is 0 Å². The van der Waals surface area contributed by atoms with Crippen LogP contribution in [0.4, 0.5) is 5.69 Å². The van der Waals surface area contributed by atoms with Crippen LogP contribution >= 0.6 is 22.9 Å². The van der Waals surface area contributed by atoms with Crippen molar-refractivity contribution < 1.29 is 0 Å². The molecule has 1 aromatic carbocycles. The van der Waals surface area contributed by atoms with Crippen LogP contribution in [0.2, 0.25) is 4.34 Å². The van der Waals surface area contributed by atoms with Crippen LogP contribution in [0.1, 0.15) is 16.1 Å². The number of hydrogen-bond acceptors (Lipinski definition) is 3. The van der Waals surface area contributed by atoms with Crippen LogP contribution in [0.3, 0.4) is 0 Å². The molecule has 2 rings (SSSR count). The van der Waals surface area contributed by atoms with Gasteiger partial charge in [0.15, 0.2) is 0 Å². The fourth-order valence-corrected chi connectivity index (χ4v) is 2.38. The van der Waals surface area contributed by atoms with Crippen molar-refractivity contribution in [2.45, 2.75) is 20.4 Å². The molecule has 0 spiro atoms. The van der Waals surface area contributed by atoms with Crippen molar-refractivity contribution in [3.05, 3.63) is 44.9 Å². The molecule has 0 amide bonds. The highest BCUT2D eigenvalue weighted by atomic mass is 35.5. The average Bonchev–Trinajstić information content (AvgIpc) is 2.67. The van der Waals surface area contributed by atoms with Crippen molar-refractivity contribution in [1.29, 1.82) is 0 Å². The number of anilines is 1. The van der Waals surface area contributed by atoms with Crippen LogP contribution in [0.5, 0.6) is 0 Å². The Labute approximate surface area is 104 Å². The maximum Gasteiger partial charge on any atom is 0.113 e. The van der Waals surface area contributed by atoms with E-state index in [0.29, 0.717) is 0 Å². The van der Waals surface area contributed by atoms with Crippen molar-refractivity contribution in [1.82, 2.24) is 4.98 Å². The highest BCUT2D eigenvalue weighted by Gasteiger charge is 2.02. The number of nitrogens with one attached hydrogen (secondary N) is 1. The van der Waals surface area contributed by atoms with Gasteiger partial charge in [-0.05, 0) is 31.0 Å². The van der Waals surface area contributed by atoms with E-state index in [-0.39, 0.29) is 0 Å². The highest BCUT2D eigenvalue weighted by molar-refractivity contribution is 7.15. The fraction of sp³-hybridized carbons (Fsp3) is 0.250. The Hall–Kier alpha value is -1.06. The van der Waals surface area contributed by atoms with Crippen LogP contribution in [0.15, 0.2) is 24.4 Å². The SMILES string of the molecule is Cc1cccc(NCc2ncc(Cl)s2)c1C. The zero-order chi connectivity index (χ0) is 11.5. The lowest BCUT2D eigenvalue weighted by molar-refractivity contribution is 1.09. The monoisotopic (exact) mass is 252 g/mol. The number of aryl methyl sites for hydroxylation is 1. The van der Waals surface area contributed by atoms with E-state index in [1.807, 2.05) is 0 Å². The van der Waals surface area contributed by atoms with Gasteiger partial charge in [-0.2, -0.15) is 0 Å². The van der Waals surface area contributed by atoms with Gasteiger partial charge in [0, 0.05) is 5.69 Å². The van der Waals surface area contributed by atoms with E-state index in [1.165, 1.54) is 22.5 Å². The topological polar surface area (TPSA) is 24.9 Å². The Balaban J connectivity index is 2.07. The van der Waals surface area contributed by atoms with E-state index in [1.54, 1.807) is 6.20 Å². The molecule has 1 aromatic heterocycles. The number of halogens is 1. The Kier molecular flexibility index (Phi) is 3.46. The maximum atomic E-state index is 5.83. The van der Waals surface area contributed by atoms with Gasteiger partial charge < -0.3 is 5.32 Å². The summed E-state index contributed by atoms with van der Waals surface area (Å²) < 4.78 is 0.734. The summed E-state index contributed by atoms with van der Waals surface area (Å²) in [5, 5.41) is 4.38. The van der Waals surface area contributed by atoms with Crippen LogP contribution in [0.25, 0.3) is 0 Å². The third-order valence-corrected chi connectivity index (χ3v) is 3.67. The van der Waals surface area contributed by atoms with E-state index < -0.39 is 0 Å². The first-order valence-electron chi connectivity index (χ1n) is 5.07. The summed E-state index contributed by atoms with van der Waals surface area (Å²) in [6.45, 7) is 4.95. The van der Waals surface area contributed by atoms with Crippen molar-refractivity contribution in [2.24, 2.45) is 0 Å². The molecule has 16 heavy (non-hydrogen) atoms. The lowest BCUT2D eigenvalue weighted by Gasteiger charge is -2.09. The highest BCUT2D eigenvalue weighted by Crippen LogP contribution is 2.21. The summed E-state index contributed by atoms with van der Waals surface area (Å²) in [5.41, 5.74) is 3.73. The van der Waals surface area contributed by atoms with Gasteiger partial charge in [-0.1, -0.05) is 23.7 Å². The second-order valence-corrected chi connectivity index (χ2v) is 5.41. The predicted molar refractivity (Wildman–Crippen MR) is 70.4 cm³/mol. The Morgan fingerprint density at radius 1 is 1.38 bits per heavy atom. The first-order chi connectivity index (χ1) is 7.66. The minimum Gasteiger partial charge on any atom is -0.378 e. The molecule has 0 aliphatic rings. The van der Waals surface area contributed by atoms with Gasteiger partial charge in [-0.15, -0.1) is 11.3 Å². The number of rotatable bonds is 3. The molecule has 0 radical (unpaired) electrons. The standard InChI is InChI=1S/C12H13ClN2S/c1-8-4-3-5-10(9(8)2)14-7-12-15-6-11(13)16-12/h3-6,14H,7H2,1-2H3. The van der Waals surface area contributed by atoms with Gasteiger partial charge in [0.1, 0.15) is 9.34 Å². The normalized spacial score (nSPS) is 10.4. The Morgan fingerprint density at radius 3 is 2.88 bits per heavy atom. The van der Waals surface area contributed by atoms with Crippen LogP contribution in [-0.4, -0.2) is 4.98 Å². The van der Waals surface area contributed by atoms with Crippen molar-refractivity contribution >= 4 is 28.6 Å². The molecular weight excluding hydrogens is 240 g/mol. The first kappa shape index (κ1) is 11.4. The van der Waals surface area contributed by atoms with E-state index in [4.69, 9.17) is 11.6 Å². The molecule has 84 valence electrons. The van der Waals surface area contributed by atoms with Crippen LogP contribution in [-0.2, 0) is 6.54 Å². The molecule has 4 heteroatoms. The fourth-order valence-electron chi connectivity index (χ4n) is 1.48. The smallest absolute Gasteiger partial charge is 0.113 e. The predicted octanol–water partition coefficient (Wildman–Crippen LogP) is 4.03. The zero-order valence-corrected chi connectivity index (χ0v) is 10.8. The number of nitrogens with zero attached hydrogens (tertiary/aromatic N) is 1. The number of benzene rings is 1. The minimum absolute atomic E-state index is 0.724. The quantitative estimate of drug-likeness (QED) is 0.892. The molecule has 0 aliphatic carbocycles. The molecule has 0 bridgehead atoms. The lowest BCUT2D eigenvalue weighted by Crippen LogP contribution is -2.01. The molecule has 0 saturated carbocycles. The third kappa shape index (κ3) is 2.54. The first-order valence-corrected chi connectivity index (χ1v) is 6.26. The minimum atomic E-state index is 0.724. The Bertz CT molecular complexity index is 494. The third-order valence-electron chi connectivity index (χ3n) is 2.56. The summed E-state index contributed by atoms with van der Waals surface area (Å²) in [6, 6.07) is 6.25. The summed E-state index contributed by atoms with van der Waals surface area (Å²) >= 11 is 7.34. The molecule has 0 saturated heterocycles. The number of thiazole rings is 1. The molecule has 1 heterocycles. The molecule has 0 unspecified atom stereocenters. The van der Waals surface area contributed by atoms with Gasteiger partial charge in [-0.3, -0.25) is 0 Å². The number of aromatic nitrogens is 1. The van der Waals surface area contributed by atoms with Crippen LogP contribution < -0.4 is 5.32 Å². The maximum absolute atomic E-state index is 5.83. The van der Waals surface area contributed by atoms with Crippen molar-refractivity contribution in [3.63, 3.8) is 0 Å². The van der Waals surface area contributed by atoms with E-state index in [9.17, 15) is 0 Å². The van der Waals surface area contributed by atoms with Gasteiger partial charge >= 0.3 is 0 Å². The van der Waals surface area contributed by atoms with E-state index in [2.05, 4.69) is 42.3 Å².